The third-order valence-corrected chi connectivity index (χ3v) is 4.36. The molecule has 0 aliphatic heterocycles. The number of benzene rings is 1. The van der Waals surface area contributed by atoms with Crippen molar-refractivity contribution < 1.29 is 4.39 Å². The Morgan fingerprint density at radius 2 is 2.22 bits per heavy atom. The van der Waals surface area contributed by atoms with Crippen LogP contribution in [0.3, 0.4) is 0 Å². The topological polar surface area (TPSA) is 26.0 Å². The van der Waals surface area contributed by atoms with Crippen molar-refractivity contribution >= 4 is 11.6 Å². The van der Waals surface area contributed by atoms with E-state index in [2.05, 4.69) is 6.92 Å². The van der Waals surface area contributed by atoms with Crippen LogP contribution < -0.4 is 5.73 Å². The minimum Gasteiger partial charge on any atom is -0.327 e. The zero-order valence-corrected chi connectivity index (χ0v) is 11.6. The molecule has 1 aliphatic rings. The van der Waals surface area contributed by atoms with Gasteiger partial charge in [-0.1, -0.05) is 43.5 Å². The van der Waals surface area contributed by atoms with E-state index in [1.165, 1.54) is 25.7 Å². The third-order valence-electron chi connectivity index (χ3n) is 4.07. The largest absolute Gasteiger partial charge is 0.327 e. The van der Waals surface area contributed by atoms with Gasteiger partial charge in [0.05, 0.1) is 5.02 Å². The molecule has 0 aromatic heterocycles. The minimum atomic E-state index is -0.307. The highest BCUT2D eigenvalue weighted by molar-refractivity contribution is 6.30. The van der Waals surface area contributed by atoms with E-state index in [9.17, 15) is 4.39 Å². The molecule has 0 amide bonds. The molecule has 100 valence electrons. The Bertz CT molecular complexity index is 407. The molecule has 0 spiro atoms. The predicted octanol–water partition coefficient (Wildman–Crippen LogP) is 4.18. The lowest BCUT2D eigenvalue weighted by atomic mass is 9.77. The summed E-state index contributed by atoms with van der Waals surface area (Å²) < 4.78 is 13.8. The summed E-state index contributed by atoms with van der Waals surface area (Å²) in [4.78, 5) is 0. The molecule has 2 rings (SSSR count). The number of hydrogen-bond donors (Lipinski definition) is 1. The molecule has 3 atom stereocenters. The molecule has 3 heteroatoms. The van der Waals surface area contributed by atoms with Crippen LogP contribution in [-0.2, 0) is 6.42 Å². The molecule has 0 heterocycles. The van der Waals surface area contributed by atoms with Crippen molar-refractivity contribution in [2.24, 2.45) is 17.6 Å². The van der Waals surface area contributed by atoms with Gasteiger partial charge in [0.2, 0.25) is 0 Å². The minimum absolute atomic E-state index is 0.0423. The summed E-state index contributed by atoms with van der Waals surface area (Å²) in [5.41, 5.74) is 6.90. The molecule has 3 unspecified atom stereocenters. The summed E-state index contributed by atoms with van der Waals surface area (Å²) >= 11 is 5.79. The standard InChI is InChI=1S/C15H21ClFN/c1-10-4-2-5-11(8-10)14(18)9-12-6-3-7-13(16)15(12)17/h3,6-7,10-11,14H,2,4-5,8-9,18H2,1H3. The molecule has 1 aliphatic carbocycles. The van der Waals surface area contributed by atoms with Gasteiger partial charge in [-0.15, -0.1) is 0 Å². The Morgan fingerprint density at radius 3 is 2.94 bits per heavy atom. The molecule has 1 aromatic rings. The molecule has 1 nitrogen and oxygen atoms in total. The lowest BCUT2D eigenvalue weighted by Crippen LogP contribution is -2.35. The highest BCUT2D eigenvalue weighted by Gasteiger charge is 2.25. The second-order valence-electron chi connectivity index (χ2n) is 5.61. The Kier molecular flexibility index (Phi) is 4.63. The van der Waals surface area contributed by atoms with Crippen molar-refractivity contribution in [3.8, 4) is 0 Å². The van der Waals surface area contributed by atoms with Crippen LogP contribution in [0, 0.1) is 17.7 Å². The van der Waals surface area contributed by atoms with Crippen LogP contribution in [0.2, 0.25) is 5.02 Å². The Hall–Kier alpha value is -0.600. The number of nitrogens with two attached hydrogens (primary N) is 1. The van der Waals surface area contributed by atoms with Gasteiger partial charge in [0, 0.05) is 6.04 Å². The highest BCUT2D eigenvalue weighted by Crippen LogP contribution is 2.31. The zero-order valence-electron chi connectivity index (χ0n) is 10.8. The molecule has 1 saturated carbocycles. The van der Waals surface area contributed by atoms with Crippen molar-refractivity contribution in [1.82, 2.24) is 0 Å². The zero-order chi connectivity index (χ0) is 13.1. The van der Waals surface area contributed by atoms with E-state index in [1.807, 2.05) is 0 Å². The average molecular weight is 270 g/mol. The summed E-state index contributed by atoms with van der Waals surface area (Å²) in [5.74, 6) is 0.963. The summed E-state index contributed by atoms with van der Waals surface area (Å²) in [7, 11) is 0. The fraction of sp³-hybridized carbons (Fsp3) is 0.600. The number of hydrogen-bond acceptors (Lipinski definition) is 1. The maximum atomic E-state index is 13.8. The smallest absolute Gasteiger partial charge is 0.145 e. The average Bonchev–Trinajstić information content (AvgIpc) is 2.35. The normalized spacial score (nSPS) is 26.0. The SMILES string of the molecule is CC1CCCC(C(N)Cc2cccc(Cl)c2F)C1. The van der Waals surface area contributed by atoms with Crippen LogP contribution in [-0.4, -0.2) is 6.04 Å². The first-order valence-electron chi connectivity index (χ1n) is 6.76. The maximum absolute atomic E-state index is 13.8. The van der Waals surface area contributed by atoms with E-state index in [1.54, 1.807) is 18.2 Å². The van der Waals surface area contributed by atoms with Gasteiger partial charge in [0.1, 0.15) is 5.82 Å². The van der Waals surface area contributed by atoms with E-state index in [0.29, 0.717) is 17.9 Å². The van der Waals surface area contributed by atoms with Gasteiger partial charge in [-0.2, -0.15) is 0 Å². The second kappa shape index (κ2) is 6.03. The first kappa shape index (κ1) is 13.8. The molecule has 1 fully saturated rings. The molecule has 0 saturated heterocycles. The van der Waals surface area contributed by atoms with Crippen molar-refractivity contribution in [3.63, 3.8) is 0 Å². The fourth-order valence-corrected chi connectivity index (χ4v) is 3.19. The molecule has 1 aromatic carbocycles. The molecule has 2 N–H and O–H groups in total. The fourth-order valence-electron chi connectivity index (χ4n) is 3.00. The van der Waals surface area contributed by atoms with Crippen molar-refractivity contribution in [2.75, 3.05) is 0 Å². The van der Waals surface area contributed by atoms with E-state index in [0.717, 1.165) is 5.92 Å². The van der Waals surface area contributed by atoms with Gasteiger partial charge >= 0.3 is 0 Å². The Balaban J connectivity index is 2.02. The van der Waals surface area contributed by atoms with E-state index in [4.69, 9.17) is 17.3 Å². The van der Waals surface area contributed by atoms with Crippen molar-refractivity contribution in [2.45, 2.75) is 45.1 Å². The quantitative estimate of drug-likeness (QED) is 0.875. The van der Waals surface area contributed by atoms with Gasteiger partial charge in [0.15, 0.2) is 0 Å². The summed E-state index contributed by atoms with van der Waals surface area (Å²) in [6.45, 7) is 2.28. The van der Waals surface area contributed by atoms with Gasteiger partial charge in [0.25, 0.3) is 0 Å². The molecule has 18 heavy (non-hydrogen) atoms. The maximum Gasteiger partial charge on any atom is 0.145 e. The Labute approximate surface area is 114 Å². The van der Waals surface area contributed by atoms with Gasteiger partial charge in [-0.05, 0) is 42.7 Å². The van der Waals surface area contributed by atoms with E-state index in [-0.39, 0.29) is 16.9 Å². The van der Waals surface area contributed by atoms with Crippen LogP contribution in [0.4, 0.5) is 4.39 Å². The van der Waals surface area contributed by atoms with Gasteiger partial charge in [-0.3, -0.25) is 0 Å². The van der Waals surface area contributed by atoms with Crippen LogP contribution >= 0.6 is 11.6 Å². The lowest BCUT2D eigenvalue weighted by Gasteiger charge is -2.31. The predicted molar refractivity (Wildman–Crippen MR) is 74.2 cm³/mol. The molecule has 0 radical (unpaired) electrons. The van der Waals surface area contributed by atoms with E-state index < -0.39 is 0 Å². The summed E-state index contributed by atoms with van der Waals surface area (Å²) in [6, 6.07) is 5.19. The van der Waals surface area contributed by atoms with E-state index >= 15 is 0 Å². The van der Waals surface area contributed by atoms with Crippen LogP contribution in [0.5, 0.6) is 0 Å². The highest BCUT2D eigenvalue weighted by atomic mass is 35.5. The van der Waals surface area contributed by atoms with Crippen LogP contribution in [0.15, 0.2) is 18.2 Å². The molecular weight excluding hydrogens is 249 g/mol. The van der Waals surface area contributed by atoms with Crippen LogP contribution in [0.25, 0.3) is 0 Å². The summed E-state index contributed by atoms with van der Waals surface area (Å²) in [6.07, 6.45) is 5.48. The van der Waals surface area contributed by atoms with Gasteiger partial charge in [-0.25, -0.2) is 4.39 Å². The first-order chi connectivity index (χ1) is 8.58. The first-order valence-corrected chi connectivity index (χ1v) is 7.14. The van der Waals surface area contributed by atoms with Crippen molar-refractivity contribution in [3.05, 3.63) is 34.6 Å². The van der Waals surface area contributed by atoms with Crippen molar-refractivity contribution in [1.29, 1.82) is 0 Å². The lowest BCUT2D eigenvalue weighted by molar-refractivity contribution is 0.244. The molecular formula is C15H21ClFN. The number of halogens is 2. The van der Waals surface area contributed by atoms with Crippen LogP contribution in [0.1, 0.15) is 38.2 Å². The second-order valence-corrected chi connectivity index (χ2v) is 6.02. The monoisotopic (exact) mass is 269 g/mol. The summed E-state index contributed by atoms with van der Waals surface area (Å²) in [5, 5.41) is 0.191. The van der Waals surface area contributed by atoms with Gasteiger partial charge < -0.3 is 5.73 Å². The Morgan fingerprint density at radius 1 is 1.44 bits per heavy atom. The number of rotatable bonds is 3. The molecule has 0 bridgehead atoms. The third kappa shape index (κ3) is 3.24.